The second kappa shape index (κ2) is 10.5. The topological polar surface area (TPSA) is 98.7 Å². The standard InChI is InChI=1S/C21H27N5O3/c27-19(24-15-17-6-2-1-3-7-17)14-18(20(28)29)16-25-10-5-11-26(13-12-25)21-22-8-4-9-23-21/h1-4,6-9,18H,5,10-16H2,(H,24,27)(H,28,29)/t18-/m0/s1. The number of nitrogens with one attached hydrogen (secondary N) is 1. The van der Waals surface area contributed by atoms with Crippen molar-refractivity contribution in [3.63, 3.8) is 0 Å². The lowest BCUT2D eigenvalue weighted by atomic mass is 10.0. The fraction of sp³-hybridized carbons (Fsp3) is 0.429. The molecule has 8 nitrogen and oxygen atoms in total. The first-order valence-electron chi connectivity index (χ1n) is 9.89. The Balaban J connectivity index is 1.49. The summed E-state index contributed by atoms with van der Waals surface area (Å²) in [7, 11) is 0. The van der Waals surface area contributed by atoms with E-state index in [0.717, 1.165) is 31.6 Å². The monoisotopic (exact) mass is 397 g/mol. The third-order valence-corrected chi connectivity index (χ3v) is 5.02. The lowest BCUT2D eigenvalue weighted by Gasteiger charge is -2.24. The Bertz CT molecular complexity index is 787. The molecule has 0 bridgehead atoms. The maximum absolute atomic E-state index is 12.3. The van der Waals surface area contributed by atoms with Gasteiger partial charge in [-0.3, -0.25) is 9.59 Å². The molecule has 1 fully saturated rings. The molecule has 1 aliphatic heterocycles. The Morgan fingerprint density at radius 3 is 2.52 bits per heavy atom. The van der Waals surface area contributed by atoms with Crippen molar-refractivity contribution in [3.05, 3.63) is 54.4 Å². The molecule has 1 saturated heterocycles. The van der Waals surface area contributed by atoms with Gasteiger partial charge >= 0.3 is 5.97 Å². The van der Waals surface area contributed by atoms with Crippen LogP contribution in [-0.4, -0.2) is 64.6 Å². The average molecular weight is 397 g/mol. The van der Waals surface area contributed by atoms with Gasteiger partial charge in [0.2, 0.25) is 11.9 Å². The SMILES string of the molecule is O=C(C[C@@H](CN1CCCN(c2ncccn2)CC1)C(=O)O)NCc1ccccc1. The van der Waals surface area contributed by atoms with Crippen molar-refractivity contribution in [2.75, 3.05) is 37.6 Å². The Hall–Kier alpha value is -3.00. The van der Waals surface area contributed by atoms with Crippen LogP contribution in [0, 0.1) is 5.92 Å². The molecule has 2 N–H and O–H groups in total. The maximum atomic E-state index is 12.3. The predicted octanol–water partition coefficient (Wildman–Crippen LogP) is 1.40. The van der Waals surface area contributed by atoms with Gasteiger partial charge in [-0.15, -0.1) is 0 Å². The highest BCUT2D eigenvalue weighted by Gasteiger charge is 2.26. The first-order valence-corrected chi connectivity index (χ1v) is 9.89. The van der Waals surface area contributed by atoms with E-state index >= 15 is 0 Å². The zero-order chi connectivity index (χ0) is 20.5. The summed E-state index contributed by atoms with van der Waals surface area (Å²) in [5.41, 5.74) is 0.989. The van der Waals surface area contributed by atoms with E-state index in [-0.39, 0.29) is 12.3 Å². The molecule has 1 atom stereocenters. The number of rotatable bonds is 8. The van der Waals surface area contributed by atoms with Crippen molar-refractivity contribution in [2.45, 2.75) is 19.4 Å². The van der Waals surface area contributed by atoms with E-state index in [1.165, 1.54) is 0 Å². The third-order valence-electron chi connectivity index (χ3n) is 5.02. The van der Waals surface area contributed by atoms with Gasteiger partial charge in [0, 0.05) is 51.5 Å². The predicted molar refractivity (Wildman–Crippen MR) is 109 cm³/mol. The normalized spacial score (nSPS) is 16.1. The van der Waals surface area contributed by atoms with Crippen LogP contribution in [0.1, 0.15) is 18.4 Å². The number of nitrogens with zero attached hydrogens (tertiary/aromatic N) is 4. The molecule has 1 aromatic heterocycles. The van der Waals surface area contributed by atoms with Crippen molar-refractivity contribution in [1.29, 1.82) is 0 Å². The van der Waals surface area contributed by atoms with Gasteiger partial charge in [0.05, 0.1) is 5.92 Å². The first-order chi connectivity index (χ1) is 14.1. The highest BCUT2D eigenvalue weighted by molar-refractivity contribution is 5.82. The van der Waals surface area contributed by atoms with Gasteiger partial charge < -0.3 is 20.2 Å². The second-order valence-electron chi connectivity index (χ2n) is 7.19. The number of amides is 1. The van der Waals surface area contributed by atoms with Crippen LogP contribution < -0.4 is 10.2 Å². The fourth-order valence-corrected chi connectivity index (χ4v) is 3.44. The van der Waals surface area contributed by atoms with Gasteiger partial charge in [0.15, 0.2) is 0 Å². The average Bonchev–Trinajstić information content (AvgIpc) is 2.99. The third kappa shape index (κ3) is 6.53. The quantitative estimate of drug-likeness (QED) is 0.695. The Kier molecular flexibility index (Phi) is 7.52. The van der Waals surface area contributed by atoms with E-state index in [4.69, 9.17) is 0 Å². The summed E-state index contributed by atoms with van der Waals surface area (Å²) in [6, 6.07) is 11.4. The van der Waals surface area contributed by atoms with E-state index in [1.54, 1.807) is 18.5 Å². The first kappa shape index (κ1) is 20.7. The summed E-state index contributed by atoms with van der Waals surface area (Å²) >= 11 is 0. The molecule has 0 radical (unpaired) electrons. The number of aliphatic carboxylic acids is 1. The molecule has 2 aromatic rings. The molecule has 0 spiro atoms. The van der Waals surface area contributed by atoms with Gasteiger partial charge in [-0.25, -0.2) is 9.97 Å². The number of aromatic nitrogens is 2. The summed E-state index contributed by atoms with van der Waals surface area (Å²) in [5, 5.41) is 12.4. The van der Waals surface area contributed by atoms with Crippen LogP contribution in [-0.2, 0) is 16.1 Å². The van der Waals surface area contributed by atoms with Crippen LogP contribution in [0.2, 0.25) is 0 Å². The minimum Gasteiger partial charge on any atom is -0.481 e. The molecular formula is C21H27N5O3. The smallest absolute Gasteiger partial charge is 0.308 e. The fourth-order valence-electron chi connectivity index (χ4n) is 3.44. The van der Waals surface area contributed by atoms with Crippen LogP contribution in [0.15, 0.2) is 48.8 Å². The molecular weight excluding hydrogens is 370 g/mol. The van der Waals surface area contributed by atoms with Crippen LogP contribution in [0.3, 0.4) is 0 Å². The molecule has 0 unspecified atom stereocenters. The largest absolute Gasteiger partial charge is 0.481 e. The number of carbonyl (C=O) groups is 2. The van der Waals surface area contributed by atoms with E-state index in [0.29, 0.717) is 25.6 Å². The summed E-state index contributed by atoms with van der Waals surface area (Å²) in [6.45, 7) is 3.83. The summed E-state index contributed by atoms with van der Waals surface area (Å²) in [5.74, 6) is -1.21. The summed E-state index contributed by atoms with van der Waals surface area (Å²) < 4.78 is 0. The molecule has 0 aliphatic carbocycles. The van der Waals surface area contributed by atoms with E-state index in [2.05, 4.69) is 25.1 Å². The minimum atomic E-state index is -0.938. The minimum absolute atomic E-state index is 0.0236. The molecule has 1 aliphatic rings. The zero-order valence-electron chi connectivity index (χ0n) is 16.4. The van der Waals surface area contributed by atoms with Crippen LogP contribution >= 0.6 is 0 Å². The summed E-state index contributed by atoms with van der Waals surface area (Å²) in [6.07, 6.45) is 4.31. The Labute approximate surface area is 170 Å². The van der Waals surface area contributed by atoms with Crippen molar-refractivity contribution in [3.8, 4) is 0 Å². The Morgan fingerprint density at radius 2 is 1.79 bits per heavy atom. The number of carboxylic acid groups (broad SMARTS) is 1. The molecule has 1 aromatic carbocycles. The summed E-state index contributed by atoms with van der Waals surface area (Å²) in [4.78, 5) is 36.8. The van der Waals surface area contributed by atoms with Gasteiger partial charge in [-0.2, -0.15) is 0 Å². The van der Waals surface area contributed by atoms with Crippen LogP contribution in [0.5, 0.6) is 0 Å². The molecule has 0 saturated carbocycles. The van der Waals surface area contributed by atoms with Crippen molar-refractivity contribution in [2.24, 2.45) is 5.92 Å². The number of carbonyl (C=O) groups excluding carboxylic acids is 1. The van der Waals surface area contributed by atoms with Crippen molar-refractivity contribution < 1.29 is 14.7 Å². The molecule has 1 amide bonds. The van der Waals surface area contributed by atoms with E-state index in [1.807, 2.05) is 30.3 Å². The van der Waals surface area contributed by atoms with Crippen LogP contribution in [0.25, 0.3) is 0 Å². The van der Waals surface area contributed by atoms with Gasteiger partial charge in [0.1, 0.15) is 0 Å². The molecule has 8 heteroatoms. The molecule has 3 rings (SSSR count). The highest BCUT2D eigenvalue weighted by atomic mass is 16.4. The van der Waals surface area contributed by atoms with Crippen LogP contribution in [0.4, 0.5) is 5.95 Å². The number of carboxylic acids is 1. The highest BCUT2D eigenvalue weighted by Crippen LogP contribution is 2.13. The van der Waals surface area contributed by atoms with E-state index in [9.17, 15) is 14.7 Å². The number of hydrogen-bond donors (Lipinski definition) is 2. The number of hydrogen-bond acceptors (Lipinski definition) is 6. The maximum Gasteiger partial charge on any atom is 0.308 e. The second-order valence-corrected chi connectivity index (χ2v) is 7.19. The zero-order valence-corrected chi connectivity index (χ0v) is 16.4. The van der Waals surface area contributed by atoms with Gasteiger partial charge in [0.25, 0.3) is 0 Å². The lowest BCUT2D eigenvalue weighted by molar-refractivity contribution is -0.144. The van der Waals surface area contributed by atoms with E-state index < -0.39 is 11.9 Å². The van der Waals surface area contributed by atoms with Crippen molar-refractivity contribution in [1.82, 2.24) is 20.2 Å². The Morgan fingerprint density at radius 1 is 1.03 bits per heavy atom. The number of anilines is 1. The molecule has 2 heterocycles. The van der Waals surface area contributed by atoms with Gasteiger partial charge in [-0.1, -0.05) is 30.3 Å². The molecule has 154 valence electrons. The van der Waals surface area contributed by atoms with Gasteiger partial charge in [-0.05, 0) is 24.6 Å². The number of benzene rings is 1. The van der Waals surface area contributed by atoms with Crippen molar-refractivity contribution >= 4 is 17.8 Å². The lowest BCUT2D eigenvalue weighted by Crippen LogP contribution is -2.38. The molecule has 29 heavy (non-hydrogen) atoms.